The number of hydrogen-bond acceptors (Lipinski definition) is 4. The van der Waals surface area contributed by atoms with Crippen LogP contribution in [0.15, 0.2) is 42.5 Å². The lowest BCUT2D eigenvalue weighted by Gasteiger charge is -2.21. The van der Waals surface area contributed by atoms with E-state index in [4.69, 9.17) is 9.47 Å². The minimum atomic E-state index is 0.0866. The number of piperidine rings is 1. The summed E-state index contributed by atoms with van der Waals surface area (Å²) in [4.78, 5) is 27.7. The highest BCUT2D eigenvalue weighted by atomic mass is 16.5. The molecule has 0 aromatic heterocycles. The van der Waals surface area contributed by atoms with Gasteiger partial charge in [-0.2, -0.15) is 0 Å². The first-order valence-electron chi connectivity index (χ1n) is 11.7. The molecule has 2 saturated heterocycles. The number of ketones is 1. The van der Waals surface area contributed by atoms with Crippen LogP contribution in [-0.4, -0.2) is 50.0 Å². The van der Waals surface area contributed by atoms with Crippen molar-refractivity contribution in [3.05, 3.63) is 64.7 Å². The monoisotopic (exact) mass is 433 g/mol. The lowest BCUT2D eigenvalue weighted by atomic mass is 9.94. The predicted molar refractivity (Wildman–Crippen MR) is 122 cm³/mol. The highest BCUT2D eigenvalue weighted by molar-refractivity contribution is 5.95. The summed E-state index contributed by atoms with van der Waals surface area (Å²) in [6, 6.07) is 14.1. The Bertz CT molecular complexity index is 997. The molecule has 0 radical (unpaired) electrons. The lowest BCUT2D eigenvalue weighted by molar-refractivity contribution is -0.119. The number of benzene rings is 2. The summed E-state index contributed by atoms with van der Waals surface area (Å²) >= 11 is 0. The van der Waals surface area contributed by atoms with Crippen molar-refractivity contribution in [1.29, 1.82) is 0 Å². The Kier molecular flexibility index (Phi) is 5.76. The van der Waals surface area contributed by atoms with Gasteiger partial charge in [0.1, 0.15) is 11.5 Å². The third-order valence-corrected chi connectivity index (χ3v) is 7.51. The third kappa shape index (κ3) is 4.18. The maximum atomic E-state index is 13.2. The highest BCUT2D eigenvalue weighted by Crippen LogP contribution is 2.58. The predicted octanol–water partition coefficient (Wildman–Crippen LogP) is 4.03. The van der Waals surface area contributed by atoms with E-state index < -0.39 is 0 Å². The van der Waals surface area contributed by atoms with Gasteiger partial charge in [-0.3, -0.25) is 9.59 Å². The molecule has 2 aromatic carbocycles. The van der Waals surface area contributed by atoms with Crippen molar-refractivity contribution in [3.63, 3.8) is 0 Å². The Morgan fingerprint density at radius 2 is 1.84 bits per heavy atom. The van der Waals surface area contributed by atoms with Crippen LogP contribution in [0.3, 0.4) is 0 Å². The normalized spacial score (nSPS) is 26.1. The first-order valence-corrected chi connectivity index (χ1v) is 11.7. The number of Topliss-reactive ketones (excluding diaryl/α,β-unsaturated/α-hetero) is 1. The van der Waals surface area contributed by atoms with E-state index >= 15 is 0 Å². The Labute approximate surface area is 189 Å². The molecule has 5 nitrogen and oxygen atoms in total. The fourth-order valence-corrected chi connectivity index (χ4v) is 5.54. The van der Waals surface area contributed by atoms with Gasteiger partial charge in [-0.05, 0) is 78.0 Å². The third-order valence-electron chi connectivity index (χ3n) is 7.51. The number of amides is 1. The second kappa shape index (κ2) is 8.70. The zero-order valence-electron chi connectivity index (χ0n) is 18.9. The van der Waals surface area contributed by atoms with E-state index in [9.17, 15) is 9.59 Å². The number of aryl methyl sites for hydroxylation is 1. The van der Waals surface area contributed by atoms with Gasteiger partial charge in [-0.1, -0.05) is 18.2 Å². The number of ether oxygens (including phenoxy) is 2. The van der Waals surface area contributed by atoms with Gasteiger partial charge < -0.3 is 14.4 Å². The largest absolute Gasteiger partial charge is 0.497 e. The van der Waals surface area contributed by atoms with E-state index in [0.717, 1.165) is 43.0 Å². The van der Waals surface area contributed by atoms with Crippen molar-refractivity contribution in [2.75, 3.05) is 33.4 Å². The Hall–Kier alpha value is -2.66. The zero-order valence-corrected chi connectivity index (χ0v) is 18.9. The maximum absolute atomic E-state index is 13.2. The average Bonchev–Trinajstić information content (AvgIpc) is 3.14. The minimum absolute atomic E-state index is 0.0866. The Balaban J connectivity index is 1.20. The number of carbonyl (C=O) groups is 2. The summed E-state index contributed by atoms with van der Waals surface area (Å²) in [5, 5.41) is 0. The SMILES string of the molecule is COc1ccc(C2[C@H]3CN(C(=O)c4ccc(C)c(CC(=O)CC5CCOC5)c4)C[C@@H]23)cc1. The summed E-state index contributed by atoms with van der Waals surface area (Å²) in [5.41, 5.74) is 4.09. The minimum Gasteiger partial charge on any atom is -0.497 e. The maximum Gasteiger partial charge on any atom is 0.253 e. The van der Waals surface area contributed by atoms with Crippen LogP contribution in [0.2, 0.25) is 0 Å². The molecular formula is C27H31NO4. The molecule has 3 fully saturated rings. The Morgan fingerprint density at radius 1 is 1.09 bits per heavy atom. The van der Waals surface area contributed by atoms with Crippen LogP contribution < -0.4 is 4.74 Å². The molecule has 5 rings (SSSR count). The average molecular weight is 434 g/mol. The van der Waals surface area contributed by atoms with Crippen LogP contribution in [0.1, 0.15) is 45.8 Å². The van der Waals surface area contributed by atoms with E-state index in [-0.39, 0.29) is 11.7 Å². The molecule has 3 aliphatic rings. The number of carbonyl (C=O) groups excluding carboxylic acids is 2. The van der Waals surface area contributed by atoms with E-state index in [2.05, 4.69) is 12.1 Å². The van der Waals surface area contributed by atoms with Crippen molar-refractivity contribution in [3.8, 4) is 5.75 Å². The molecule has 2 aromatic rings. The van der Waals surface area contributed by atoms with Gasteiger partial charge >= 0.3 is 0 Å². The molecule has 1 amide bonds. The molecule has 32 heavy (non-hydrogen) atoms. The quantitative estimate of drug-likeness (QED) is 0.662. The number of fused-ring (bicyclic) bond motifs is 1. The fraction of sp³-hybridized carbons (Fsp3) is 0.481. The number of hydrogen-bond donors (Lipinski definition) is 0. The molecule has 0 bridgehead atoms. The van der Waals surface area contributed by atoms with Crippen LogP contribution >= 0.6 is 0 Å². The van der Waals surface area contributed by atoms with Crippen molar-refractivity contribution in [1.82, 2.24) is 4.90 Å². The van der Waals surface area contributed by atoms with Crippen LogP contribution in [0.4, 0.5) is 0 Å². The number of methoxy groups -OCH3 is 1. The fourth-order valence-electron chi connectivity index (χ4n) is 5.54. The molecule has 2 unspecified atom stereocenters. The molecule has 5 heteroatoms. The lowest BCUT2D eigenvalue weighted by Crippen LogP contribution is -2.31. The molecule has 168 valence electrons. The number of nitrogens with zero attached hydrogens (tertiary/aromatic N) is 1. The molecule has 0 N–H and O–H groups in total. The second-order valence-corrected chi connectivity index (χ2v) is 9.63. The topological polar surface area (TPSA) is 55.8 Å². The van der Waals surface area contributed by atoms with Crippen LogP contribution in [0.5, 0.6) is 5.75 Å². The van der Waals surface area contributed by atoms with Gasteiger partial charge in [-0.15, -0.1) is 0 Å². The molecule has 0 spiro atoms. The van der Waals surface area contributed by atoms with Gasteiger partial charge in [0, 0.05) is 44.7 Å². The Morgan fingerprint density at radius 3 is 2.50 bits per heavy atom. The number of likely N-dealkylation sites (tertiary alicyclic amines) is 1. The van der Waals surface area contributed by atoms with Gasteiger partial charge in [0.05, 0.1) is 7.11 Å². The van der Waals surface area contributed by atoms with Crippen LogP contribution in [0, 0.1) is 24.7 Å². The summed E-state index contributed by atoms with van der Waals surface area (Å²) in [5.74, 6) is 3.20. The second-order valence-electron chi connectivity index (χ2n) is 9.63. The van der Waals surface area contributed by atoms with E-state index in [1.165, 1.54) is 5.56 Å². The zero-order chi connectivity index (χ0) is 22.2. The van der Waals surface area contributed by atoms with Gasteiger partial charge in [-0.25, -0.2) is 0 Å². The molecule has 4 atom stereocenters. The molecule has 2 aliphatic heterocycles. The van der Waals surface area contributed by atoms with Gasteiger partial charge in [0.25, 0.3) is 5.91 Å². The smallest absolute Gasteiger partial charge is 0.253 e. The van der Waals surface area contributed by atoms with E-state index in [1.54, 1.807) is 7.11 Å². The first kappa shape index (κ1) is 21.2. The summed E-state index contributed by atoms with van der Waals surface area (Å²) in [6.07, 6.45) is 1.94. The number of rotatable bonds is 7. The van der Waals surface area contributed by atoms with E-state index in [0.29, 0.717) is 48.7 Å². The van der Waals surface area contributed by atoms with Crippen molar-refractivity contribution >= 4 is 11.7 Å². The van der Waals surface area contributed by atoms with Crippen molar-refractivity contribution < 1.29 is 19.1 Å². The highest BCUT2D eigenvalue weighted by Gasteiger charge is 2.57. The van der Waals surface area contributed by atoms with Crippen LogP contribution in [-0.2, 0) is 16.0 Å². The van der Waals surface area contributed by atoms with E-state index in [1.807, 2.05) is 42.2 Å². The molecule has 1 aliphatic carbocycles. The first-order chi connectivity index (χ1) is 15.5. The summed E-state index contributed by atoms with van der Waals surface area (Å²) < 4.78 is 10.6. The molecular weight excluding hydrogens is 402 g/mol. The summed E-state index contributed by atoms with van der Waals surface area (Å²) in [7, 11) is 1.68. The van der Waals surface area contributed by atoms with Crippen molar-refractivity contribution in [2.24, 2.45) is 17.8 Å². The van der Waals surface area contributed by atoms with Crippen LogP contribution in [0.25, 0.3) is 0 Å². The van der Waals surface area contributed by atoms with Gasteiger partial charge in [0.15, 0.2) is 0 Å². The molecule has 1 saturated carbocycles. The standard InChI is InChI=1S/C27H31NO4/c1-17-3-4-20(12-21(17)13-22(29)11-18-9-10-32-16-18)27(30)28-14-24-25(15-28)26(24)19-5-7-23(31-2)8-6-19/h3-8,12,18,24-26H,9-11,13-16H2,1-2H3/t18?,24-,25+,26?. The summed E-state index contributed by atoms with van der Waals surface area (Å²) in [6.45, 7) is 5.09. The van der Waals surface area contributed by atoms with Crippen molar-refractivity contribution in [2.45, 2.75) is 32.1 Å². The molecule has 2 heterocycles. The van der Waals surface area contributed by atoms with Gasteiger partial charge in [0.2, 0.25) is 0 Å².